The van der Waals surface area contributed by atoms with Gasteiger partial charge in [0.15, 0.2) is 0 Å². The van der Waals surface area contributed by atoms with Gasteiger partial charge in [-0.3, -0.25) is 4.79 Å². The van der Waals surface area contributed by atoms with E-state index in [1.54, 1.807) is 7.11 Å². The van der Waals surface area contributed by atoms with Gasteiger partial charge in [0, 0.05) is 19.1 Å². The Morgan fingerprint density at radius 1 is 1.47 bits per heavy atom. The molecule has 0 aliphatic carbocycles. The summed E-state index contributed by atoms with van der Waals surface area (Å²) in [4.78, 5) is 13.8. The molecule has 0 aromatic heterocycles. The molecule has 0 spiro atoms. The normalized spacial score (nSPS) is 19.4. The molecule has 1 heterocycles. The van der Waals surface area contributed by atoms with Crippen molar-refractivity contribution in [3.63, 3.8) is 0 Å². The van der Waals surface area contributed by atoms with E-state index in [4.69, 9.17) is 10.5 Å². The molecule has 0 bridgehead atoms. The van der Waals surface area contributed by atoms with E-state index in [0.29, 0.717) is 13.0 Å². The maximum absolute atomic E-state index is 12.0. The highest BCUT2D eigenvalue weighted by atomic mass is 16.5. The molecule has 4 heteroatoms. The Labute approximate surface area is 101 Å². The van der Waals surface area contributed by atoms with Crippen LogP contribution in [0.15, 0.2) is 24.3 Å². The van der Waals surface area contributed by atoms with Crippen molar-refractivity contribution in [1.82, 2.24) is 4.90 Å². The van der Waals surface area contributed by atoms with Crippen molar-refractivity contribution in [3.05, 3.63) is 29.8 Å². The van der Waals surface area contributed by atoms with Crippen molar-refractivity contribution in [2.75, 3.05) is 20.2 Å². The third kappa shape index (κ3) is 2.97. The average molecular weight is 234 g/mol. The summed E-state index contributed by atoms with van der Waals surface area (Å²) in [6.45, 7) is 1.48. The molecule has 0 radical (unpaired) electrons. The SMILES string of the molecule is COc1ccc(CC(=O)N2CC[C@H](N)C2)cc1. The van der Waals surface area contributed by atoms with E-state index < -0.39 is 0 Å². The summed E-state index contributed by atoms with van der Waals surface area (Å²) in [5.41, 5.74) is 6.79. The molecule has 2 N–H and O–H groups in total. The average Bonchev–Trinajstić information content (AvgIpc) is 2.77. The van der Waals surface area contributed by atoms with Crippen LogP contribution in [0.3, 0.4) is 0 Å². The summed E-state index contributed by atoms with van der Waals surface area (Å²) in [5.74, 6) is 0.965. The Morgan fingerprint density at radius 2 is 2.18 bits per heavy atom. The van der Waals surface area contributed by atoms with Gasteiger partial charge in [-0.15, -0.1) is 0 Å². The molecular weight excluding hydrogens is 216 g/mol. The van der Waals surface area contributed by atoms with Crippen molar-refractivity contribution in [3.8, 4) is 5.75 Å². The first kappa shape index (κ1) is 11.9. The maximum Gasteiger partial charge on any atom is 0.227 e. The second-order valence-electron chi connectivity index (χ2n) is 4.41. The quantitative estimate of drug-likeness (QED) is 0.841. The Balaban J connectivity index is 1.93. The van der Waals surface area contributed by atoms with Gasteiger partial charge in [-0.1, -0.05) is 12.1 Å². The van der Waals surface area contributed by atoms with Crippen LogP contribution >= 0.6 is 0 Å². The summed E-state index contributed by atoms with van der Waals surface area (Å²) in [5, 5.41) is 0. The van der Waals surface area contributed by atoms with Crippen LogP contribution in [0.1, 0.15) is 12.0 Å². The number of hydrogen-bond acceptors (Lipinski definition) is 3. The maximum atomic E-state index is 12.0. The number of benzene rings is 1. The third-order valence-electron chi connectivity index (χ3n) is 3.09. The number of carbonyl (C=O) groups is 1. The lowest BCUT2D eigenvalue weighted by Gasteiger charge is -2.15. The van der Waals surface area contributed by atoms with Crippen LogP contribution in [0.2, 0.25) is 0 Å². The second-order valence-corrected chi connectivity index (χ2v) is 4.41. The first-order valence-corrected chi connectivity index (χ1v) is 5.85. The number of hydrogen-bond donors (Lipinski definition) is 1. The molecule has 1 fully saturated rings. The van der Waals surface area contributed by atoms with Gasteiger partial charge in [-0.25, -0.2) is 0 Å². The zero-order valence-electron chi connectivity index (χ0n) is 10.1. The molecule has 2 rings (SSSR count). The van der Waals surface area contributed by atoms with E-state index in [1.807, 2.05) is 29.2 Å². The summed E-state index contributed by atoms with van der Waals surface area (Å²) in [7, 11) is 1.63. The zero-order chi connectivity index (χ0) is 12.3. The van der Waals surface area contributed by atoms with Crippen LogP contribution in [-0.2, 0) is 11.2 Å². The highest BCUT2D eigenvalue weighted by Crippen LogP contribution is 2.14. The number of carbonyl (C=O) groups excluding carboxylic acids is 1. The van der Waals surface area contributed by atoms with Gasteiger partial charge in [0.1, 0.15) is 5.75 Å². The summed E-state index contributed by atoms with van der Waals surface area (Å²) in [6, 6.07) is 7.74. The lowest BCUT2D eigenvalue weighted by atomic mass is 10.1. The predicted molar refractivity (Wildman–Crippen MR) is 65.9 cm³/mol. The van der Waals surface area contributed by atoms with Gasteiger partial charge >= 0.3 is 0 Å². The first-order chi connectivity index (χ1) is 8.19. The third-order valence-corrected chi connectivity index (χ3v) is 3.09. The zero-order valence-corrected chi connectivity index (χ0v) is 10.1. The molecule has 1 aliphatic rings. The summed E-state index contributed by atoms with van der Waals surface area (Å²) < 4.78 is 5.08. The van der Waals surface area contributed by atoms with Crippen LogP contribution in [0, 0.1) is 0 Å². The van der Waals surface area contributed by atoms with Gasteiger partial charge < -0.3 is 15.4 Å². The van der Waals surface area contributed by atoms with Crippen LogP contribution in [0.4, 0.5) is 0 Å². The molecular formula is C13H18N2O2. The number of likely N-dealkylation sites (tertiary alicyclic amines) is 1. The lowest BCUT2D eigenvalue weighted by molar-refractivity contribution is -0.129. The van der Waals surface area contributed by atoms with Crippen molar-refractivity contribution in [1.29, 1.82) is 0 Å². The molecule has 4 nitrogen and oxygen atoms in total. The fourth-order valence-electron chi connectivity index (χ4n) is 2.04. The predicted octanol–water partition coefficient (Wildman–Crippen LogP) is 0.797. The highest BCUT2D eigenvalue weighted by molar-refractivity contribution is 5.79. The molecule has 92 valence electrons. The largest absolute Gasteiger partial charge is 0.497 e. The summed E-state index contributed by atoms with van der Waals surface area (Å²) in [6.07, 6.45) is 1.35. The minimum absolute atomic E-state index is 0.148. The minimum Gasteiger partial charge on any atom is -0.497 e. The van der Waals surface area contributed by atoms with Gasteiger partial charge in [0.2, 0.25) is 5.91 Å². The van der Waals surface area contributed by atoms with E-state index in [-0.39, 0.29) is 11.9 Å². The monoisotopic (exact) mass is 234 g/mol. The van der Waals surface area contributed by atoms with Crippen LogP contribution in [0.5, 0.6) is 5.75 Å². The molecule has 0 saturated carbocycles. The summed E-state index contributed by atoms with van der Waals surface area (Å²) >= 11 is 0. The van der Waals surface area contributed by atoms with Crippen molar-refractivity contribution >= 4 is 5.91 Å². The minimum atomic E-state index is 0.148. The Bertz CT molecular complexity index is 389. The van der Waals surface area contributed by atoms with E-state index in [1.165, 1.54) is 0 Å². The van der Waals surface area contributed by atoms with Crippen molar-refractivity contribution in [2.24, 2.45) is 5.73 Å². The topological polar surface area (TPSA) is 55.6 Å². The number of ether oxygens (including phenoxy) is 1. The standard InChI is InChI=1S/C13H18N2O2/c1-17-12-4-2-10(3-5-12)8-13(16)15-7-6-11(14)9-15/h2-5,11H,6-9,14H2,1H3/t11-/m0/s1. The van der Waals surface area contributed by atoms with E-state index >= 15 is 0 Å². The van der Waals surface area contributed by atoms with Gasteiger partial charge in [0.05, 0.1) is 13.5 Å². The van der Waals surface area contributed by atoms with Crippen LogP contribution in [0.25, 0.3) is 0 Å². The smallest absolute Gasteiger partial charge is 0.227 e. The van der Waals surface area contributed by atoms with Crippen molar-refractivity contribution in [2.45, 2.75) is 18.9 Å². The van der Waals surface area contributed by atoms with Gasteiger partial charge in [0.25, 0.3) is 0 Å². The molecule has 1 aromatic rings. The van der Waals surface area contributed by atoms with E-state index in [2.05, 4.69) is 0 Å². The molecule has 1 saturated heterocycles. The molecule has 1 aliphatic heterocycles. The Morgan fingerprint density at radius 3 is 2.71 bits per heavy atom. The molecule has 17 heavy (non-hydrogen) atoms. The number of nitrogens with zero attached hydrogens (tertiary/aromatic N) is 1. The molecule has 1 atom stereocenters. The molecule has 0 unspecified atom stereocenters. The van der Waals surface area contributed by atoms with Crippen LogP contribution in [-0.4, -0.2) is 37.0 Å². The van der Waals surface area contributed by atoms with Crippen molar-refractivity contribution < 1.29 is 9.53 Å². The number of nitrogens with two attached hydrogens (primary N) is 1. The molecule has 1 amide bonds. The van der Waals surface area contributed by atoms with Gasteiger partial charge in [-0.05, 0) is 24.1 Å². The number of rotatable bonds is 3. The number of methoxy groups -OCH3 is 1. The molecule has 1 aromatic carbocycles. The Hall–Kier alpha value is -1.55. The lowest BCUT2D eigenvalue weighted by Crippen LogP contribution is -2.32. The second kappa shape index (κ2) is 5.19. The van der Waals surface area contributed by atoms with Gasteiger partial charge in [-0.2, -0.15) is 0 Å². The highest BCUT2D eigenvalue weighted by Gasteiger charge is 2.23. The Kier molecular flexibility index (Phi) is 3.64. The first-order valence-electron chi connectivity index (χ1n) is 5.85. The van der Waals surface area contributed by atoms with E-state index in [0.717, 1.165) is 24.3 Å². The fourth-order valence-corrected chi connectivity index (χ4v) is 2.04. The fraction of sp³-hybridized carbons (Fsp3) is 0.462. The number of amides is 1. The van der Waals surface area contributed by atoms with E-state index in [9.17, 15) is 4.79 Å². The van der Waals surface area contributed by atoms with Crippen LogP contribution < -0.4 is 10.5 Å².